The highest BCUT2D eigenvalue weighted by molar-refractivity contribution is 5.97. The van der Waals surface area contributed by atoms with Gasteiger partial charge in [0.2, 0.25) is 11.8 Å². The van der Waals surface area contributed by atoms with Crippen molar-refractivity contribution in [2.24, 2.45) is 5.92 Å². The van der Waals surface area contributed by atoms with Crippen LogP contribution in [0.2, 0.25) is 0 Å². The average Bonchev–Trinajstić information content (AvgIpc) is 2.62. The lowest BCUT2D eigenvalue weighted by molar-refractivity contribution is -0.117. The van der Waals surface area contributed by atoms with Crippen LogP contribution in [0.3, 0.4) is 0 Å². The average molecular weight is 370 g/mol. The third-order valence-corrected chi connectivity index (χ3v) is 3.87. The van der Waals surface area contributed by atoms with Crippen LogP contribution in [0.15, 0.2) is 42.5 Å². The first-order valence-corrected chi connectivity index (χ1v) is 8.82. The first kappa shape index (κ1) is 20.3. The van der Waals surface area contributed by atoms with Crippen molar-refractivity contribution in [1.82, 2.24) is 0 Å². The van der Waals surface area contributed by atoms with Crippen molar-refractivity contribution in [3.05, 3.63) is 48.0 Å². The molecule has 2 aromatic rings. The van der Waals surface area contributed by atoms with Crippen molar-refractivity contribution in [3.8, 4) is 11.5 Å². The molecule has 0 heterocycles. The van der Waals surface area contributed by atoms with E-state index < -0.39 is 0 Å². The fraction of sp³-hybridized carbons (Fsp3) is 0.333. The Kier molecular flexibility index (Phi) is 7.23. The molecule has 2 amide bonds. The molecule has 27 heavy (non-hydrogen) atoms. The van der Waals surface area contributed by atoms with Gasteiger partial charge in [0.05, 0.1) is 32.0 Å². The molecule has 0 radical (unpaired) electrons. The number of methoxy groups -OCH3 is 2. The molecule has 6 nitrogen and oxygen atoms in total. The van der Waals surface area contributed by atoms with Crippen molar-refractivity contribution >= 4 is 23.2 Å². The summed E-state index contributed by atoms with van der Waals surface area (Å²) in [5.74, 6) is 0.860. The third-order valence-electron chi connectivity index (χ3n) is 3.87. The SMILES string of the molecule is COc1cc(NC(=O)CC(C)C)c(OC)cc1NC(=O)Cc1ccccc1. The number of benzene rings is 2. The van der Waals surface area contributed by atoms with Gasteiger partial charge >= 0.3 is 0 Å². The molecule has 0 atom stereocenters. The predicted octanol–water partition coefficient (Wildman–Crippen LogP) is 3.87. The highest BCUT2D eigenvalue weighted by Gasteiger charge is 2.16. The Morgan fingerprint density at radius 1 is 0.889 bits per heavy atom. The highest BCUT2D eigenvalue weighted by atomic mass is 16.5. The molecule has 0 aromatic heterocycles. The summed E-state index contributed by atoms with van der Waals surface area (Å²) in [6.07, 6.45) is 0.653. The van der Waals surface area contributed by atoms with Gasteiger partial charge in [0, 0.05) is 18.6 Å². The second-order valence-electron chi connectivity index (χ2n) is 6.61. The fourth-order valence-electron chi connectivity index (χ4n) is 2.64. The molecule has 0 fully saturated rings. The summed E-state index contributed by atoms with van der Waals surface area (Å²) in [4.78, 5) is 24.4. The smallest absolute Gasteiger partial charge is 0.228 e. The largest absolute Gasteiger partial charge is 0.494 e. The molecule has 0 unspecified atom stereocenters. The molecule has 0 aliphatic heterocycles. The lowest BCUT2D eigenvalue weighted by atomic mass is 10.1. The van der Waals surface area contributed by atoms with Crippen molar-refractivity contribution in [3.63, 3.8) is 0 Å². The summed E-state index contributed by atoms with van der Waals surface area (Å²) in [5.41, 5.74) is 1.90. The van der Waals surface area contributed by atoms with Crippen LogP contribution >= 0.6 is 0 Å². The summed E-state index contributed by atoms with van der Waals surface area (Å²) in [7, 11) is 3.02. The molecule has 2 rings (SSSR count). The minimum atomic E-state index is -0.168. The second kappa shape index (κ2) is 9.62. The van der Waals surface area contributed by atoms with Crippen molar-refractivity contribution in [1.29, 1.82) is 0 Å². The van der Waals surface area contributed by atoms with Gasteiger partial charge < -0.3 is 20.1 Å². The highest BCUT2D eigenvalue weighted by Crippen LogP contribution is 2.36. The second-order valence-corrected chi connectivity index (χ2v) is 6.61. The number of carbonyl (C=O) groups is 2. The molecule has 0 saturated carbocycles. The van der Waals surface area contributed by atoms with Crippen LogP contribution < -0.4 is 20.1 Å². The maximum atomic E-state index is 12.4. The van der Waals surface area contributed by atoms with E-state index in [2.05, 4.69) is 10.6 Å². The third kappa shape index (κ3) is 6.02. The molecular formula is C21H26N2O4. The van der Waals surface area contributed by atoms with Gasteiger partial charge in [0.15, 0.2) is 0 Å². The summed E-state index contributed by atoms with van der Waals surface area (Å²) >= 11 is 0. The van der Waals surface area contributed by atoms with Gasteiger partial charge in [-0.3, -0.25) is 9.59 Å². The Morgan fingerprint density at radius 3 is 1.89 bits per heavy atom. The number of ether oxygens (including phenoxy) is 2. The number of amides is 2. The zero-order valence-corrected chi connectivity index (χ0v) is 16.2. The molecule has 6 heteroatoms. The minimum Gasteiger partial charge on any atom is -0.494 e. The van der Waals surface area contributed by atoms with Crippen LogP contribution in [0, 0.1) is 5.92 Å². The van der Waals surface area contributed by atoms with Crippen LogP contribution in [0.4, 0.5) is 11.4 Å². The van der Waals surface area contributed by atoms with E-state index in [0.29, 0.717) is 29.3 Å². The van der Waals surface area contributed by atoms with E-state index in [9.17, 15) is 9.59 Å². The van der Waals surface area contributed by atoms with E-state index in [4.69, 9.17) is 9.47 Å². The van der Waals surface area contributed by atoms with E-state index in [1.165, 1.54) is 14.2 Å². The molecule has 0 bridgehead atoms. The Morgan fingerprint density at radius 2 is 1.41 bits per heavy atom. The number of rotatable bonds is 8. The van der Waals surface area contributed by atoms with E-state index in [0.717, 1.165) is 5.56 Å². The first-order valence-electron chi connectivity index (χ1n) is 8.82. The van der Waals surface area contributed by atoms with Crippen LogP contribution in [0.1, 0.15) is 25.8 Å². The number of nitrogens with one attached hydrogen (secondary N) is 2. The van der Waals surface area contributed by atoms with Gasteiger partial charge in [0.25, 0.3) is 0 Å². The number of carbonyl (C=O) groups excluding carboxylic acids is 2. The van der Waals surface area contributed by atoms with Crippen LogP contribution in [0.25, 0.3) is 0 Å². The molecule has 0 aliphatic rings. The molecule has 2 aromatic carbocycles. The van der Waals surface area contributed by atoms with E-state index >= 15 is 0 Å². The summed E-state index contributed by atoms with van der Waals surface area (Å²) in [6.45, 7) is 3.95. The summed E-state index contributed by atoms with van der Waals surface area (Å²) in [5, 5.41) is 5.67. The van der Waals surface area contributed by atoms with Crippen molar-refractivity contribution < 1.29 is 19.1 Å². The van der Waals surface area contributed by atoms with Crippen LogP contribution in [-0.4, -0.2) is 26.0 Å². The van der Waals surface area contributed by atoms with Crippen molar-refractivity contribution in [2.75, 3.05) is 24.9 Å². The normalized spacial score (nSPS) is 10.4. The van der Waals surface area contributed by atoms with Crippen LogP contribution in [-0.2, 0) is 16.0 Å². The molecular weight excluding hydrogens is 344 g/mol. The lowest BCUT2D eigenvalue weighted by Gasteiger charge is -2.16. The Bertz CT molecular complexity index is 788. The van der Waals surface area contributed by atoms with Gasteiger partial charge in [-0.05, 0) is 11.5 Å². The standard InChI is InChI=1S/C21H26N2O4/c1-14(2)10-20(24)22-16-12-19(27-4)17(13-18(16)26-3)23-21(25)11-15-8-6-5-7-9-15/h5-9,12-14H,10-11H2,1-4H3,(H,22,24)(H,23,25). The molecule has 2 N–H and O–H groups in total. The van der Waals surface area contributed by atoms with Crippen LogP contribution in [0.5, 0.6) is 11.5 Å². The van der Waals surface area contributed by atoms with Gasteiger partial charge in [-0.25, -0.2) is 0 Å². The summed E-state index contributed by atoms with van der Waals surface area (Å²) in [6, 6.07) is 12.8. The molecule has 0 aliphatic carbocycles. The van der Waals surface area contributed by atoms with Gasteiger partial charge in [-0.1, -0.05) is 44.2 Å². The van der Waals surface area contributed by atoms with Gasteiger partial charge in [-0.15, -0.1) is 0 Å². The number of hydrogen-bond acceptors (Lipinski definition) is 4. The van der Waals surface area contributed by atoms with Gasteiger partial charge in [-0.2, -0.15) is 0 Å². The quantitative estimate of drug-likeness (QED) is 0.739. The fourth-order valence-corrected chi connectivity index (χ4v) is 2.64. The number of hydrogen-bond donors (Lipinski definition) is 2. The maximum absolute atomic E-state index is 12.4. The Balaban J connectivity index is 2.18. The van der Waals surface area contributed by atoms with E-state index in [1.54, 1.807) is 12.1 Å². The summed E-state index contributed by atoms with van der Waals surface area (Å²) < 4.78 is 10.7. The van der Waals surface area contributed by atoms with Crippen molar-refractivity contribution in [2.45, 2.75) is 26.7 Å². The first-order chi connectivity index (χ1) is 12.9. The van der Waals surface area contributed by atoms with E-state index in [1.807, 2.05) is 44.2 Å². The van der Waals surface area contributed by atoms with E-state index in [-0.39, 0.29) is 24.2 Å². The zero-order chi connectivity index (χ0) is 19.8. The monoisotopic (exact) mass is 370 g/mol. The maximum Gasteiger partial charge on any atom is 0.228 e. The molecule has 0 spiro atoms. The zero-order valence-electron chi connectivity index (χ0n) is 16.2. The minimum absolute atomic E-state index is 0.105. The molecule has 144 valence electrons. The Labute approximate surface area is 159 Å². The predicted molar refractivity (Wildman–Crippen MR) is 106 cm³/mol. The number of anilines is 2. The molecule has 0 saturated heterocycles. The topological polar surface area (TPSA) is 76.7 Å². The lowest BCUT2D eigenvalue weighted by Crippen LogP contribution is -2.17. The van der Waals surface area contributed by atoms with Gasteiger partial charge in [0.1, 0.15) is 11.5 Å². The Hall–Kier alpha value is -3.02.